The van der Waals surface area contributed by atoms with Gasteiger partial charge in [0.05, 0.1) is 7.11 Å². The van der Waals surface area contributed by atoms with Crippen molar-refractivity contribution in [3.05, 3.63) is 29.8 Å². The highest BCUT2D eigenvalue weighted by Crippen LogP contribution is 2.12. The van der Waals surface area contributed by atoms with Gasteiger partial charge in [-0.1, -0.05) is 12.1 Å². The maximum Gasteiger partial charge on any atom is 0.118 e. The van der Waals surface area contributed by atoms with E-state index in [-0.39, 0.29) is 0 Å². The molecule has 0 amide bonds. The molecule has 0 bridgehead atoms. The van der Waals surface area contributed by atoms with Crippen LogP contribution in [0.1, 0.15) is 18.4 Å². The second-order valence-electron chi connectivity index (χ2n) is 4.12. The van der Waals surface area contributed by atoms with Crippen LogP contribution < -0.4 is 10.1 Å². The molecule has 0 radical (unpaired) electrons. The summed E-state index contributed by atoms with van der Waals surface area (Å²) in [7, 11) is 1.69. The molecule has 1 aromatic rings. The first-order valence-corrected chi connectivity index (χ1v) is 5.82. The minimum absolute atomic E-state index is 0.607. The first-order valence-electron chi connectivity index (χ1n) is 5.82. The van der Waals surface area contributed by atoms with Crippen LogP contribution in [0, 0.1) is 0 Å². The predicted octanol–water partition coefficient (Wildman–Crippen LogP) is 1.96. The lowest BCUT2D eigenvalue weighted by Gasteiger charge is -2.23. The molecule has 0 unspecified atom stereocenters. The van der Waals surface area contributed by atoms with Crippen LogP contribution in [0.4, 0.5) is 0 Å². The Morgan fingerprint density at radius 1 is 1.25 bits per heavy atom. The van der Waals surface area contributed by atoms with Gasteiger partial charge in [0.1, 0.15) is 5.75 Å². The van der Waals surface area contributed by atoms with Crippen LogP contribution in [-0.2, 0) is 11.3 Å². The predicted molar refractivity (Wildman–Crippen MR) is 63.7 cm³/mol. The van der Waals surface area contributed by atoms with Gasteiger partial charge < -0.3 is 14.8 Å². The van der Waals surface area contributed by atoms with Crippen molar-refractivity contribution in [1.82, 2.24) is 5.32 Å². The summed E-state index contributed by atoms with van der Waals surface area (Å²) in [6, 6.07) is 8.81. The van der Waals surface area contributed by atoms with Gasteiger partial charge in [-0.25, -0.2) is 0 Å². The number of nitrogens with one attached hydrogen (secondary N) is 1. The topological polar surface area (TPSA) is 30.5 Å². The summed E-state index contributed by atoms with van der Waals surface area (Å²) in [5.41, 5.74) is 1.30. The van der Waals surface area contributed by atoms with E-state index in [1.807, 2.05) is 12.1 Å². The lowest BCUT2D eigenvalue weighted by atomic mass is 10.1. The molecule has 0 aliphatic carbocycles. The molecule has 1 aromatic carbocycles. The summed E-state index contributed by atoms with van der Waals surface area (Å²) < 4.78 is 10.5. The molecule has 0 spiro atoms. The molecule has 1 saturated heterocycles. The van der Waals surface area contributed by atoms with Crippen LogP contribution >= 0.6 is 0 Å². The Balaban J connectivity index is 1.79. The van der Waals surface area contributed by atoms with Crippen molar-refractivity contribution in [2.24, 2.45) is 0 Å². The Labute approximate surface area is 96.8 Å². The smallest absolute Gasteiger partial charge is 0.118 e. The summed E-state index contributed by atoms with van der Waals surface area (Å²) >= 11 is 0. The second-order valence-corrected chi connectivity index (χ2v) is 4.12. The van der Waals surface area contributed by atoms with E-state index >= 15 is 0 Å². The molecule has 1 fully saturated rings. The zero-order valence-electron chi connectivity index (χ0n) is 9.74. The first-order chi connectivity index (χ1) is 7.88. The number of hydrogen-bond donors (Lipinski definition) is 1. The van der Waals surface area contributed by atoms with Gasteiger partial charge in [0.15, 0.2) is 0 Å². The minimum Gasteiger partial charge on any atom is -0.497 e. The van der Waals surface area contributed by atoms with Crippen molar-refractivity contribution >= 4 is 0 Å². The molecule has 1 heterocycles. The third-order valence-electron chi connectivity index (χ3n) is 2.98. The lowest BCUT2D eigenvalue weighted by molar-refractivity contribution is 0.0776. The van der Waals surface area contributed by atoms with Crippen molar-refractivity contribution in [1.29, 1.82) is 0 Å². The number of ether oxygens (including phenoxy) is 2. The van der Waals surface area contributed by atoms with E-state index in [0.29, 0.717) is 6.04 Å². The molecule has 1 N–H and O–H groups in total. The van der Waals surface area contributed by atoms with E-state index in [1.165, 1.54) is 5.56 Å². The fourth-order valence-corrected chi connectivity index (χ4v) is 1.91. The lowest BCUT2D eigenvalue weighted by Crippen LogP contribution is -2.34. The van der Waals surface area contributed by atoms with Crippen LogP contribution in [0.25, 0.3) is 0 Å². The summed E-state index contributed by atoms with van der Waals surface area (Å²) in [6.07, 6.45) is 2.24. The van der Waals surface area contributed by atoms with E-state index in [0.717, 1.165) is 38.3 Å². The highest BCUT2D eigenvalue weighted by molar-refractivity contribution is 5.27. The van der Waals surface area contributed by atoms with Crippen molar-refractivity contribution in [2.75, 3.05) is 20.3 Å². The van der Waals surface area contributed by atoms with Gasteiger partial charge in [0, 0.05) is 25.8 Å². The van der Waals surface area contributed by atoms with Gasteiger partial charge in [0.2, 0.25) is 0 Å². The Morgan fingerprint density at radius 2 is 1.94 bits per heavy atom. The largest absolute Gasteiger partial charge is 0.497 e. The molecule has 3 nitrogen and oxygen atoms in total. The summed E-state index contributed by atoms with van der Waals surface area (Å²) in [5, 5.41) is 3.55. The van der Waals surface area contributed by atoms with Gasteiger partial charge in [-0.2, -0.15) is 0 Å². The maximum atomic E-state index is 5.33. The van der Waals surface area contributed by atoms with Gasteiger partial charge in [-0.3, -0.25) is 0 Å². The van der Waals surface area contributed by atoms with Crippen molar-refractivity contribution < 1.29 is 9.47 Å². The SMILES string of the molecule is COc1ccc(CNC2CCOCC2)cc1. The summed E-state index contributed by atoms with van der Waals surface area (Å²) in [4.78, 5) is 0. The summed E-state index contributed by atoms with van der Waals surface area (Å²) in [5.74, 6) is 0.912. The van der Waals surface area contributed by atoms with E-state index in [2.05, 4.69) is 17.4 Å². The van der Waals surface area contributed by atoms with Crippen LogP contribution in [-0.4, -0.2) is 26.4 Å². The van der Waals surface area contributed by atoms with Crippen LogP contribution in [0.3, 0.4) is 0 Å². The molecule has 1 aliphatic heterocycles. The fourth-order valence-electron chi connectivity index (χ4n) is 1.91. The number of benzene rings is 1. The van der Waals surface area contributed by atoms with Crippen molar-refractivity contribution in [3.8, 4) is 5.75 Å². The highest BCUT2D eigenvalue weighted by Gasteiger charge is 2.12. The zero-order chi connectivity index (χ0) is 11.2. The molecule has 3 heteroatoms. The average molecular weight is 221 g/mol. The molecular weight excluding hydrogens is 202 g/mol. The normalized spacial score (nSPS) is 17.3. The third kappa shape index (κ3) is 3.22. The van der Waals surface area contributed by atoms with Crippen LogP contribution in [0.2, 0.25) is 0 Å². The number of hydrogen-bond acceptors (Lipinski definition) is 3. The Kier molecular flexibility index (Phi) is 4.19. The molecular formula is C13H19NO2. The molecule has 16 heavy (non-hydrogen) atoms. The molecule has 0 saturated carbocycles. The fraction of sp³-hybridized carbons (Fsp3) is 0.538. The van der Waals surface area contributed by atoms with E-state index < -0.39 is 0 Å². The Hall–Kier alpha value is -1.06. The van der Waals surface area contributed by atoms with Crippen molar-refractivity contribution in [3.63, 3.8) is 0 Å². The first kappa shape index (κ1) is 11.4. The third-order valence-corrected chi connectivity index (χ3v) is 2.98. The van der Waals surface area contributed by atoms with E-state index in [4.69, 9.17) is 9.47 Å². The highest BCUT2D eigenvalue weighted by atomic mass is 16.5. The molecule has 0 aromatic heterocycles. The molecule has 0 atom stereocenters. The minimum atomic E-state index is 0.607. The molecule has 88 valence electrons. The van der Waals surface area contributed by atoms with E-state index in [1.54, 1.807) is 7.11 Å². The van der Waals surface area contributed by atoms with Gasteiger partial charge in [-0.05, 0) is 30.5 Å². The number of rotatable bonds is 4. The standard InChI is InChI=1S/C13H19NO2/c1-15-13-4-2-11(3-5-13)10-14-12-6-8-16-9-7-12/h2-5,12,14H,6-10H2,1H3. The van der Waals surface area contributed by atoms with E-state index in [9.17, 15) is 0 Å². The van der Waals surface area contributed by atoms with Crippen LogP contribution in [0.5, 0.6) is 5.75 Å². The molecule has 2 rings (SSSR count). The van der Waals surface area contributed by atoms with Gasteiger partial charge >= 0.3 is 0 Å². The average Bonchev–Trinajstić information content (AvgIpc) is 2.38. The monoisotopic (exact) mass is 221 g/mol. The summed E-state index contributed by atoms with van der Waals surface area (Å²) in [6.45, 7) is 2.70. The second kappa shape index (κ2) is 5.87. The Morgan fingerprint density at radius 3 is 2.56 bits per heavy atom. The Bertz CT molecular complexity index is 304. The number of methoxy groups -OCH3 is 1. The maximum absolute atomic E-state index is 5.33. The van der Waals surface area contributed by atoms with Crippen molar-refractivity contribution in [2.45, 2.75) is 25.4 Å². The molecule has 1 aliphatic rings. The van der Waals surface area contributed by atoms with Gasteiger partial charge in [-0.15, -0.1) is 0 Å². The zero-order valence-corrected chi connectivity index (χ0v) is 9.74. The van der Waals surface area contributed by atoms with Crippen LogP contribution in [0.15, 0.2) is 24.3 Å². The quantitative estimate of drug-likeness (QED) is 0.843. The van der Waals surface area contributed by atoms with Gasteiger partial charge in [0.25, 0.3) is 0 Å².